The summed E-state index contributed by atoms with van der Waals surface area (Å²) >= 11 is 0. The van der Waals surface area contributed by atoms with Gasteiger partial charge in [-0.05, 0) is 36.8 Å². The molecule has 0 aliphatic heterocycles. The van der Waals surface area contributed by atoms with Crippen molar-refractivity contribution in [2.24, 2.45) is 0 Å². The SMILES string of the molecule is Cc1ccc(S(=O)(=O)N(C)c2ccncc2)cc1N. The Morgan fingerprint density at radius 1 is 1.16 bits per heavy atom. The number of pyridine rings is 1. The van der Waals surface area contributed by atoms with Gasteiger partial charge in [-0.1, -0.05) is 6.07 Å². The van der Waals surface area contributed by atoms with Crippen LogP contribution in [0.15, 0.2) is 47.6 Å². The van der Waals surface area contributed by atoms with E-state index < -0.39 is 10.0 Å². The van der Waals surface area contributed by atoms with Gasteiger partial charge in [0.2, 0.25) is 0 Å². The number of nitrogen functional groups attached to an aromatic ring is 1. The number of hydrogen-bond acceptors (Lipinski definition) is 4. The maximum absolute atomic E-state index is 12.4. The molecule has 0 amide bonds. The molecule has 0 bridgehead atoms. The monoisotopic (exact) mass is 277 g/mol. The lowest BCUT2D eigenvalue weighted by Gasteiger charge is -2.19. The summed E-state index contributed by atoms with van der Waals surface area (Å²) in [5.74, 6) is 0. The van der Waals surface area contributed by atoms with Crippen LogP contribution in [0.3, 0.4) is 0 Å². The summed E-state index contributed by atoms with van der Waals surface area (Å²) in [6.07, 6.45) is 3.09. The topological polar surface area (TPSA) is 76.3 Å². The third kappa shape index (κ3) is 2.53. The van der Waals surface area contributed by atoms with Crippen LogP contribution in [0.1, 0.15) is 5.56 Å². The van der Waals surface area contributed by atoms with E-state index in [9.17, 15) is 8.42 Å². The molecule has 0 saturated carbocycles. The van der Waals surface area contributed by atoms with E-state index in [0.717, 1.165) is 5.56 Å². The maximum atomic E-state index is 12.4. The van der Waals surface area contributed by atoms with Crippen molar-refractivity contribution in [2.45, 2.75) is 11.8 Å². The Hall–Kier alpha value is -2.08. The third-order valence-corrected chi connectivity index (χ3v) is 4.72. The summed E-state index contributed by atoms with van der Waals surface area (Å²) in [6.45, 7) is 1.83. The molecule has 0 atom stereocenters. The summed E-state index contributed by atoms with van der Waals surface area (Å²) < 4.78 is 26.1. The molecule has 1 heterocycles. The molecule has 2 aromatic rings. The fraction of sp³-hybridized carbons (Fsp3) is 0.154. The zero-order valence-corrected chi connectivity index (χ0v) is 11.6. The molecule has 5 nitrogen and oxygen atoms in total. The molecule has 0 aliphatic carbocycles. The second-order valence-electron chi connectivity index (χ2n) is 4.20. The van der Waals surface area contributed by atoms with Crippen molar-refractivity contribution >= 4 is 21.4 Å². The fourth-order valence-corrected chi connectivity index (χ4v) is 2.86. The van der Waals surface area contributed by atoms with Crippen LogP contribution in [-0.2, 0) is 10.0 Å². The first-order chi connectivity index (χ1) is 8.93. The van der Waals surface area contributed by atoms with Gasteiger partial charge in [0.1, 0.15) is 0 Å². The van der Waals surface area contributed by atoms with E-state index in [1.54, 1.807) is 36.7 Å². The van der Waals surface area contributed by atoms with Crippen LogP contribution in [0.4, 0.5) is 11.4 Å². The van der Waals surface area contributed by atoms with Gasteiger partial charge in [0, 0.05) is 25.1 Å². The third-order valence-electron chi connectivity index (χ3n) is 2.94. The van der Waals surface area contributed by atoms with Gasteiger partial charge in [-0.2, -0.15) is 0 Å². The van der Waals surface area contributed by atoms with Crippen molar-refractivity contribution < 1.29 is 8.42 Å². The van der Waals surface area contributed by atoms with Gasteiger partial charge in [0.25, 0.3) is 10.0 Å². The number of aryl methyl sites for hydroxylation is 1. The highest BCUT2D eigenvalue weighted by molar-refractivity contribution is 7.92. The Kier molecular flexibility index (Phi) is 3.44. The van der Waals surface area contributed by atoms with E-state index >= 15 is 0 Å². The first-order valence-electron chi connectivity index (χ1n) is 5.68. The van der Waals surface area contributed by atoms with Gasteiger partial charge in [-0.25, -0.2) is 8.42 Å². The lowest BCUT2D eigenvalue weighted by atomic mass is 10.2. The van der Waals surface area contributed by atoms with Gasteiger partial charge < -0.3 is 5.73 Å². The zero-order valence-electron chi connectivity index (χ0n) is 10.7. The minimum Gasteiger partial charge on any atom is -0.398 e. The number of benzene rings is 1. The lowest BCUT2D eigenvalue weighted by Crippen LogP contribution is -2.26. The quantitative estimate of drug-likeness (QED) is 0.868. The summed E-state index contributed by atoms with van der Waals surface area (Å²) in [6, 6.07) is 7.99. The van der Waals surface area contributed by atoms with Crippen molar-refractivity contribution in [2.75, 3.05) is 17.1 Å². The number of rotatable bonds is 3. The minimum atomic E-state index is -3.61. The molecule has 6 heteroatoms. The molecule has 0 aliphatic rings. The van der Waals surface area contributed by atoms with E-state index in [1.807, 2.05) is 6.92 Å². The molecule has 2 rings (SSSR count). The summed E-state index contributed by atoms with van der Waals surface area (Å²) in [7, 11) is -2.11. The highest BCUT2D eigenvalue weighted by Gasteiger charge is 2.21. The Labute approximate surface area is 112 Å². The Bertz CT molecular complexity index is 684. The number of aromatic nitrogens is 1. The minimum absolute atomic E-state index is 0.176. The predicted octanol–water partition coefficient (Wildman–Crippen LogP) is 1.80. The number of hydrogen-bond donors (Lipinski definition) is 1. The molecular formula is C13H15N3O2S. The molecule has 19 heavy (non-hydrogen) atoms. The molecule has 0 saturated heterocycles. The number of anilines is 2. The average molecular weight is 277 g/mol. The Morgan fingerprint density at radius 2 is 1.79 bits per heavy atom. The van der Waals surface area contributed by atoms with Crippen molar-refractivity contribution in [1.82, 2.24) is 4.98 Å². The van der Waals surface area contributed by atoms with Crippen molar-refractivity contribution in [3.05, 3.63) is 48.3 Å². The first kappa shape index (κ1) is 13.4. The van der Waals surface area contributed by atoms with E-state index in [1.165, 1.54) is 17.4 Å². The van der Waals surface area contributed by atoms with Crippen LogP contribution >= 0.6 is 0 Å². The molecule has 2 N–H and O–H groups in total. The highest BCUT2D eigenvalue weighted by Crippen LogP contribution is 2.23. The van der Waals surface area contributed by atoms with E-state index in [2.05, 4.69) is 4.98 Å². The van der Waals surface area contributed by atoms with Crippen LogP contribution in [-0.4, -0.2) is 20.4 Å². The number of sulfonamides is 1. The van der Waals surface area contributed by atoms with Crippen molar-refractivity contribution in [3.8, 4) is 0 Å². The molecule has 0 fully saturated rings. The second-order valence-corrected chi connectivity index (χ2v) is 6.17. The average Bonchev–Trinajstić information content (AvgIpc) is 2.41. The largest absolute Gasteiger partial charge is 0.398 e. The molecule has 0 unspecified atom stereocenters. The highest BCUT2D eigenvalue weighted by atomic mass is 32.2. The van der Waals surface area contributed by atoms with Crippen molar-refractivity contribution in [1.29, 1.82) is 0 Å². The lowest BCUT2D eigenvalue weighted by molar-refractivity contribution is 0.594. The van der Waals surface area contributed by atoms with Gasteiger partial charge in [0.05, 0.1) is 10.6 Å². The normalized spacial score (nSPS) is 11.3. The molecule has 0 radical (unpaired) electrons. The van der Waals surface area contributed by atoms with Gasteiger partial charge in [0.15, 0.2) is 0 Å². The zero-order chi connectivity index (χ0) is 14.0. The van der Waals surface area contributed by atoms with Gasteiger partial charge in [-0.15, -0.1) is 0 Å². The first-order valence-corrected chi connectivity index (χ1v) is 7.12. The Balaban J connectivity index is 2.45. The van der Waals surface area contributed by atoms with E-state index in [4.69, 9.17) is 5.73 Å². The number of nitrogens with zero attached hydrogens (tertiary/aromatic N) is 2. The van der Waals surface area contributed by atoms with E-state index in [0.29, 0.717) is 11.4 Å². The molecule has 1 aromatic heterocycles. The second kappa shape index (κ2) is 4.89. The molecule has 1 aromatic carbocycles. The summed E-state index contributed by atoms with van der Waals surface area (Å²) in [5, 5.41) is 0. The van der Waals surface area contributed by atoms with Crippen LogP contribution in [0.2, 0.25) is 0 Å². The maximum Gasteiger partial charge on any atom is 0.264 e. The predicted molar refractivity (Wildman–Crippen MR) is 75.4 cm³/mol. The summed E-state index contributed by atoms with van der Waals surface area (Å²) in [5.41, 5.74) is 7.63. The number of nitrogens with two attached hydrogens (primary N) is 1. The molecule has 0 spiro atoms. The smallest absolute Gasteiger partial charge is 0.264 e. The van der Waals surface area contributed by atoms with Gasteiger partial charge >= 0.3 is 0 Å². The van der Waals surface area contributed by atoms with Crippen molar-refractivity contribution in [3.63, 3.8) is 0 Å². The van der Waals surface area contributed by atoms with Gasteiger partial charge in [-0.3, -0.25) is 9.29 Å². The van der Waals surface area contributed by atoms with Crippen LogP contribution in [0, 0.1) is 6.92 Å². The Morgan fingerprint density at radius 3 is 2.37 bits per heavy atom. The standard InChI is InChI=1S/C13H15N3O2S/c1-10-3-4-12(9-13(10)14)19(17,18)16(2)11-5-7-15-8-6-11/h3-9H,14H2,1-2H3. The molecular weight excluding hydrogens is 262 g/mol. The fourth-order valence-electron chi connectivity index (χ4n) is 1.63. The van der Waals surface area contributed by atoms with Crippen LogP contribution in [0.5, 0.6) is 0 Å². The van der Waals surface area contributed by atoms with E-state index in [-0.39, 0.29) is 4.90 Å². The summed E-state index contributed by atoms with van der Waals surface area (Å²) in [4.78, 5) is 4.04. The molecule has 100 valence electrons. The van der Waals surface area contributed by atoms with Crippen LogP contribution in [0.25, 0.3) is 0 Å². The van der Waals surface area contributed by atoms with Crippen LogP contribution < -0.4 is 10.0 Å².